The Balaban J connectivity index is 2.34. The quantitative estimate of drug-likeness (QED) is 0.739. The highest BCUT2D eigenvalue weighted by atomic mass is 32.2. The van der Waals surface area contributed by atoms with Gasteiger partial charge in [-0.1, -0.05) is 0 Å². The van der Waals surface area contributed by atoms with Gasteiger partial charge in [0.1, 0.15) is 0 Å². The van der Waals surface area contributed by atoms with E-state index in [4.69, 9.17) is 0 Å². The number of hydrogen-bond donors (Lipinski definition) is 0. The number of rotatable bonds is 2. The van der Waals surface area contributed by atoms with Crippen molar-refractivity contribution in [2.24, 2.45) is 0 Å². The Morgan fingerprint density at radius 1 is 1.54 bits per heavy atom. The molecule has 1 fully saturated rings. The highest BCUT2D eigenvalue weighted by Crippen LogP contribution is 2.25. The minimum absolute atomic E-state index is 0.365. The molecule has 1 aliphatic rings. The summed E-state index contributed by atoms with van der Waals surface area (Å²) < 4.78 is 25.3. The molecule has 0 saturated carbocycles. The molecule has 0 radical (unpaired) electrons. The summed E-state index contributed by atoms with van der Waals surface area (Å²) in [4.78, 5) is 3.94. The molecule has 0 bridgehead atoms. The van der Waals surface area contributed by atoms with Crippen LogP contribution in [0.15, 0.2) is 10.4 Å². The van der Waals surface area contributed by atoms with Crippen LogP contribution in [-0.2, 0) is 10.0 Å². The van der Waals surface area contributed by atoms with E-state index in [0.29, 0.717) is 17.3 Å². The van der Waals surface area contributed by atoms with Crippen LogP contribution in [0, 0.1) is 6.92 Å². The Kier molecular flexibility index (Phi) is 2.13. The van der Waals surface area contributed by atoms with Crippen molar-refractivity contribution < 1.29 is 8.42 Å². The minimum Gasteiger partial charge on any atom is -0.249 e. The Morgan fingerprint density at radius 3 is 2.62 bits per heavy atom. The summed E-state index contributed by atoms with van der Waals surface area (Å²) in [6.07, 6.45) is 2.41. The largest absolute Gasteiger partial charge is 0.254 e. The summed E-state index contributed by atoms with van der Waals surface area (Å²) in [6, 6.07) is 0. The van der Waals surface area contributed by atoms with Crippen LogP contribution in [-0.4, -0.2) is 30.8 Å². The van der Waals surface area contributed by atoms with Crippen molar-refractivity contribution in [2.75, 3.05) is 13.1 Å². The SMILES string of the molecule is Cc1ncc(S(=O)(=O)N2CCC2)s1. The normalized spacial score (nSPS) is 18.5. The molecule has 6 heteroatoms. The molecule has 0 spiro atoms. The minimum atomic E-state index is -3.19. The Bertz CT molecular complexity index is 406. The predicted molar refractivity (Wildman–Crippen MR) is 50.2 cm³/mol. The standard InChI is InChI=1S/C7H10N2O2S2/c1-6-8-5-7(12-6)13(10,11)9-3-2-4-9/h5H,2-4H2,1H3. The molecule has 0 amide bonds. The second-order valence-electron chi connectivity index (χ2n) is 2.96. The first-order valence-electron chi connectivity index (χ1n) is 4.03. The van der Waals surface area contributed by atoms with Gasteiger partial charge >= 0.3 is 0 Å². The third kappa shape index (κ3) is 1.49. The van der Waals surface area contributed by atoms with Gasteiger partial charge < -0.3 is 0 Å². The van der Waals surface area contributed by atoms with Crippen molar-refractivity contribution in [3.63, 3.8) is 0 Å². The molecule has 0 aliphatic carbocycles. The number of nitrogens with zero attached hydrogens (tertiary/aromatic N) is 2. The van der Waals surface area contributed by atoms with E-state index >= 15 is 0 Å². The molecular weight excluding hydrogens is 208 g/mol. The predicted octanol–water partition coefficient (Wildman–Crippen LogP) is 0.846. The zero-order chi connectivity index (χ0) is 9.47. The average molecular weight is 218 g/mol. The summed E-state index contributed by atoms with van der Waals surface area (Å²) in [5.41, 5.74) is 0. The Morgan fingerprint density at radius 2 is 2.23 bits per heavy atom. The fourth-order valence-electron chi connectivity index (χ4n) is 1.12. The molecule has 1 saturated heterocycles. The van der Waals surface area contributed by atoms with Gasteiger partial charge in [-0.05, 0) is 13.3 Å². The first-order valence-corrected chi connectivity index (χ1v) is 6.29. The van der Waals surface area contributed by atoms with Gasteiger partial charge in [-0.15, -0.1) is 11.3 Å². The molecule has 1 aromatic heterocycles. The van der Waals surface area contributed by atoms with Crippen LogP contribution >= 0.6 is 11.3 Å². The lowest BCUT2D eigenvalue weighted by atomic mass is 10.3. The van der Waals surface area contributed by atoms with Crippen LogP contribution in [0.1, 0.15) is 11.4 Å². The van der Waals surface area contributed by atoms with Gasteiger partial charge in [0.2, 0.25) is 0 Å². The molecule has 1 aromatic rings. The smallest absolute Gasteiger partial charge is 0.249 e. The van der Waals surface area contributed by atoms with Crippen LogP contribution in [0.3, 0.4) is 0 Å². The maximum atomic E-state index is 11.7. The summed E-state index contributed by atoms with van der Waals surface area (Å²) in [5, 5.41) is 0.791. The van der Waals surface area contributed by atoms with E-state index < -0.39 is 10.0 Å². The highest BCUT2D eigenvalue weighted by molar-refractivity contribution is 7.91. The lowest BCUT2D eigenvalue weighted by Crippen LogP contribution is -2.41. The van der Waals surface area contributed by atoms with Crippen LogP contribution in [0.25, 0.3) is 0 Å². The molecule has 0 N–H and O–H groups in total. The van der Waals surface area contributed by atoms with Crippen molar-refractivity contribution in [3.05, 3.63) is 11.2 Å². The van der Waals surface area contributed by atoms with Gasteiger partial charge in [0.05, 0.1) is 11.2 Å². The lowest BCUT2D eigenvalue weighted by molar-refractivity contribution is 0.310. The number of thiazole rings is 1. The third-order valence-corrected chi connectivity index (χ3v) is 5.26. The molecule has 0 atom stereocenters. The number of aryl methyl sites for hydroxylation is 1. The summed E-state index contributed by atoms with van der Waals surface area (Å²) in [6.45, 7) is 3.11. The molecule has 2 heterocycles. The van der Waals surface area contributed by atoms with E-state index in [0.717, 1.165) is 11.4 Å². The van der Waals surface area contributed by atoms with Crippen molar-refractivity contribution >= 4 is 21.4 Å². The zero-order valence-electron chi connectivity index (χ0n) is 7.23. The van der Waals surface area contributed by atoms with Gasteiger partial charge in [-0.2, -0.15) is 4.31 Å². The monoisotopic (exact) mass is 218 g/mol. The van der Waals surface area contributed by atoms with Crippen LogP contribution in [0.2, 0.25) is 0 Å². The first-order chi connectivity index (χ1) is 6.10. The molecule has 13 heavy (non-hydrogen) atoms. The Labute approximate surface area is 81.3 Å². The average Bonchev–Trinajstić information content (AvgIpc) is 2.30. The van der Waals surface area contributed by atoms with Crippen molar-refractivity contribution in [1.29, 1.82) is 0 Å². The number of sulfonamides is 1. The second-order valence-corrected chi connectivity index (χ2v) is 6.36. The molecule has 0 unspecified atom stereocenters. The topological polar surface area (TPSA) is 50.3 Å². The van der Waals surface area contributed by atoms with Crippen LogP contribution < -0.4 is 0 Å². The summed E-state index contributed by atoms with van der Waals surface area (Å²) in [5.74, 6) is 0. The van der Waals surface area contributed by atoms with Crippen LogP contribution in [0.4, 0.5) is 0 Å². The molecule has 0 aromatic carbocycles. The van der Waals surface area contributed by atoms with Crippen molar-refractivity contribution in [2.45, 2.75) is 17.6 Å². The maximum absolute atomic E-state index is 11.7. The molecule has 4 nitrogen and oxygen atoms in total. The number of hydrogen-bond acceptors (Lipinski definition) is 4. The van der Waals surface area contributed by atoms with E-state index in [2.05, 4.69) is 4.98 Å². The summed E-state index contributed by atoms with van der Waals surface area (Å²) in [7, 11) is -3.19. The summed E-state index contributed by atoms with van der Waals surface area (Å²) >= 11 is 1.23. The van der Waals surface area contributed by atoms with Gasteiger partial charge in [-0.25, -0.2) is 13.4 Å². The molecular formula is C7H10N2O2S2. The zero-order valence-corrected chi connectivity index (χ0v) is 8.86. The lowest BCUT2D eigenvalue weighted by Gasteiger charge is -2.28. The van der Waals surface area contributed by atoms with Gasteiger partial charge in [0.25, 0.3) is 10.0 Å². The highest BCUT2D eigenvalue weighted by Gasteiger charge is 2.30. The maximum Gasteiger partial charge on any atom is 0.254 e. The molecule has 72 valence electrons. The van der Waals surface area contributed by atoms with E-state index in [1.807, 2.05) is 0 Å². The van der Waals surface area contributed by atoms with Gasteiger partial charge in [0, 0.05) is 13.1 Å². The fraction of sp³-hybridized carbons (Fsp3) is 0.571. The van der Waals surface area contributed by atoms with Crippen LogP contribution in [0.5, 0.6) is 0 Å². The molecule has 1 aliphatic heterocycles. The van der Waals surface area contributed by atoms with E-state index in [1.165, 1.54) is 21.8 Å². The van der Waals surface area contributed by atoms with Crippen molar-refractivity contribution in [1.82, 2.24) is 9.29 Å². The van der Waals surface area contributed by atoms with E-state index in [9.17, 15) is 8.42 Å². The first kappa shape index (κ1) is 9.11. The second kappa shape index (κ2) is 3.04. The molecule has 2 rings (SSSR count). The third-order valence-electron chi connectivity index (χ3n) is 2.01. The van der Waals surface area contributed by atoms with Gasteiger partial charge in [0.15, 0.2) is 4.21 Å². The van der Waals surface area contributed by atoms with E-state index in [1.54, 1.807) is 6.92 Å². The fourth-order valence-corrected chi connectivity index (χ4v) is 3.90. The number of aromatic nitrogens is 1. The van der Waals surface area contributed by atoms with E-state index in [-0.39, 0.29) is 0 Å². The Hall–Kier alpha value is -0.460. The van der Waals surface area contributed by atoms with Gasteiger partial charge in [-0.3, -0.25) is 0 Å². The van der Waals surface area contributed by atoms with Crippen molar-refractivity contribution in [3.8, 4) is 0 Å².